The Morgan fingerprint density at radius 2 is 1.77 bits per heavy atom. The van der Waals surface area contributed by atoms with E-state index in [0.29, 0.717) is 18.3 Å². The molecule has 3 atom stereocenters. The highest BCUT2D eigenvalue weighted by Gasteiger charge is 2.29. The molecule has 2 aromatic carbocycles. The monoisotopic (exact) mass is 445 g/mol. The predicted octanol–water partition coefficient (Wildman–Crippen LogP) is 4.76. The lowest BCUT2D eigenvalue weighted by Crippen LogP contribution is -2.52. The van der Waals surface area contributed by atoms with Gasteiger partial charge in [0.2, 0.25) is 10.0 Å². The van der Waals surface area contributed by atoms with E-state index < -0.39 is 15.3 Å². The minimum absolute atomic E-state index is 0.204. The first-order valence-electron chi connectivity index (χ1n) is 10.9. The van der Waals surface area contributed by atoms with Crippen LogP contribution in [-0.4, -0.2) is 38.5 Å². The van der Waals surface area contributed by atoms with Crippen LogP contribution in [0.1, 0.15) is 45.7 Å². The fourth-order valence-electron chi connectivity index (χ4n) is 3.76. The molecule has 1 aliphatic heterocycles. The van der Waals surface area contributed by atoms with Crippen molar-refractivity contribution in [1.82, 2.24) is 0 Å². The van der Waals surface area contributed by atoms with E-state index in [0.717, 1.165) is 17.8 Å². The van der Waals surface area contributed by atoms with Crippen molar-refractivity contribution >= 4 is 27.1 Å². The van der Waals surface area contributed by atoms with Crippen molar-refractivity contribution in [3.05, 3.63) is 53.6 Å². The number of benzene rings is 2. The highest BCUT2D eigenvalue weighted by Crippen LogP contribution is 2.29. The summed E-state index contributed by atoms with van der Waals surface area (Å²) in [6.07, 6.45) is 0.423. The maximum atomic E-state index is 12.0. The Kier molecular flexibility index (Phi) is 7.17. The van der Waals surface area contributed by atoms with Crippen LogP contribution in [0.5, 0.6) is 0 Å². The van der Waals surface area contributed by atoms with Crippen LogP contribution in [0.2, 0.25) is 0 Å². The molecule has 1 aliphatic rings. The van der Waals surface area contributed by atoms with Gasteiger partial charge in [0.15, 0.2) is 0 Å². The maximum Gasteiger partial charge on any atom is 0.235 e. The highest BCUT2D eigenvalue weighted by atomic mass is 32.2. The SMILES string of the molecule is Cc1cc(N2CC(C)OC(C)C2C)ccc1NCc1ccc(NS(=O)(=O)C(C)C)cc1. The normalized spacial score (nSPS) is 21.9. The summed E-state index contributed by atoms with van der Waals surface area (Å²) in [7, 11) is -3.33. The summed E-state index contributed by atoms with van der Waals surface area (Å²) in [5.74, 6) is 0. The van der Waals surface area contributed by atoms with Crippen LogP contribution in [0, 0.1) is 6.92 Å². The van der Waals surface area contributed by atoms with Crippen LogP contribution in [0.3, 0.4) is 0 Å². The zero-order chi connectivity index (χ0) is 22.8. The van der Waals surface area contributed by atoms with Gasteiger partial charge in [0, 0.05) is 30.2 Å². The van der Waals surface area contributed by atoms with E-state index in [1.54, 1.807) is 26.0 Å². The van der Waals surface area contributed by atoms with E-state index in [9.17, 15) is 8.42 Å². The van der Waals surface area contributed by atoms with Crippen molar-refractivity contribution in [1.29, 1.82) is 0 Å². The zero-order valence-corrected chi connectivity index (χ0v) is 20.2. The Bertz CT molecular complexity index is 990. The predicted molar refractivity (Wildman–Crippen MR) is 129 cm³/mol. The van der Waals surface area contributed by atoms with Crippen LogP contribution >= 0.6 is 0 Å². The smallest absolute Gasteiger partial charge is 0.235 e. The first-order valence-corrected chi connectivity index (χ1v) is 12.5. The fourth-order valence-corrected chi connectivity index (χ4v) is 4.46. The summed E-state index contributed by atoms with van der Waals surface area (Å²) < 4.78 is 32.6. The Morgan fingerprint density at radius 1 is 1.10 bits per heavy atom. The van der Waals surface area contributed by atoms with Gasteiger partial charge in [0.1, 0.15) is 0 Å². The number of aryl methyl sites for hydroxylation is 1. The molecule has 0 bridgehead atoms. The molecule has 7 heteroatoms. The standard InChI is InChI=1S/C24H35N3O3S/c1-16(2)31(28,29)26-22-9-7-21(8-10-22)14-25-24-12-11-23(13-17(24)3)27-15-18(4)30-20(6)19(27)5/h7-13,16,18-20,25-26H,14-15H2,1-6H3. The summed E-state index contributed by atoms with van der Waals surface area (Å²) in [4.78, 5) is 2.42. The summed E-state index contributed by atoms with van der Waals surface area (Å²) in [6, 6.07) is 14.3. The molecule has 0 radical (unpaired) electrons. The van der Waals surface area contributed by atoms with Gasteiger partial charge in [0.25, 0.3) is 0 Å². The molecule has 31 heavy (non-hydrogen) atoms. The molecule has 0 aliphatic carbocycles. The summed E-state index contributed by atoms with van der Waals surface area (Å²) in [5.41, 5.74) is 5.17. The molecule has 2 N–H and O–H groups in total. The summed E-state index contributed by atoms with van der Waals surface area (Å²) in [5, 5.41) is 3.03. The van der Waals surface area contributed by atoms with Gasteiger partial charge in [-0.1, -0.05) is 12.1 Å². The third kappa shape index (κ3) is 5.71. The molecule has 1 heterocycles. The minimum atomic E-state index is -3.33. The highest BCUT2D eigenvalue weighted by molar-refractivity contribution is 7.93. The van der Waals surface area contributed by atoms with Crippen molar-refractivity contribution in [2.24, 2.45) is 0 Å². The fraction of sp³-hybridized carbons (Fsp3) is 0.500. The van der Waals surface area contributed by atoms with Crippen molar-refractivity contribution in [3.63, 3.8) is 0 Å². The molecule has 0 aromatic heterocycles. The lowest BCUT2D eigenvalue weighted by Gasteiger charge is -2.42. The lowest BCUT2D eigenvalue weighted by atomic mass is 10.1. The van der Waals surface area contributed by atoms with Crippen LogP contribution < -0.4 is 14.9 Å². The number of hydrogen-bond acceptors (Lipinski definition) is 5. The molecule has 170 valence electrons. The molecular formula is C24H35N3O3S. The average molecular weight is 446 g/mol. The second-order valence-electron chi connectivity index (χ2n) is 8.79. The van der Waals surface area contributed by atoms with Gasteiger partial charge in [0.05, 0.1) is 23.5 Å². The number of rotatable bonds is 7. The van der Waals surface area contributed by atoms with Crippen molar-refractivity contribution < 1.29 is 13.2 Å². The average Bonchev–Trinajstić information content (AvgIpc) is 2.70. The van der Waals surface area contributed by atoms with Gasteiger partial charge in [-0.05, 0) is 83.0 Å². The van der Waals surface area contributed by atoms with Crippen LogP contribution in [0.15, 0.2) is 42.5 Å². The first kappa shape index (κ1) is 23.4. The molecule has 1 fully saturated rings. The number of ether oxygens (including phenoxy) is 1. The molecule has 0 amide bonds. The van der Waals surface area contributed by atoms with E-state index in [4.69, 9.17) is 4.74 Å². The van der Waals surface area contributed by atoms with E-state index in [-0.39, 0.29) is 12.2 Å². The van der Waals surface area contributed by atoms with Crippen LogP contribution in [0.4, 0.5) is 17.1 Å². The Morgan fingerprint density at radius 3 is 2.39 bits per heavy atom. The van der Waals surface area contributed by atoms with Gasteiger partial charge >= 0.3 is 0 Å². The maximum absolute atomic E-state index is 12.0. The van der Waals surface area contributed by atoms with Crippen molar-refractivity contribution in [2.75, 3.05) is 21.5 Å². The largest absolute Gasteiger partial charge is 0.381 e. The van der Waals surface area contributed by atoms with Crippen LogP contribution in [0.25, 0.3) is 0 Å². The topological polar surface area (TPSA) is 70.7 Å². The van der Waals surface area contributed by atoms with Gasteiger partial charge < -0.3 is 15.0 Å². The Balaban J connectivity index is 1.63. The second-order valence-corrected chi connectivity index (χ2v) is 11.0. The van der Waals surface area contributed by atoms with E-state index in [2.05, 4.69) is 60.8 Å². The number of sulfonamides is 1. The lowest BCUT2D eigenvalue weighted by molar-refractivity contribution is -0.0257. The first-order chi connectivity index (χ1) is 14.6. The summed E-state index contributed by atoms with van der Waals surface area (Å²) >= 11 is 0. The molecule has 0 saturated carbocycles. The van der Waals surface area contributed by atoms with E-state index >= 15 is 0 Å². The molecule has 0 spiro atoms. The van der Waals surface area contributed by atoms with Crippen molar-refractivity contribution in [2.45, 2.75) is 71.6 Å². The number of nitrogens with one attached hydrogen (secondary N) is 2. The third-order valence-electron chi connectivity index (χ3n) is 5.93. The van der Waals surface area contributed by atoms with Gasteiger partial charge in [-0.25, -0.2) is 8.42 Å². The second kappa shape index (κ2) is 9.49. The number of morpholine rings is 1. The summed E-state index contributed by atoms with van der Waals surface area (Å²) in [6.45, 7) is 13.5. The van der Waals surface area contributed by atoms with Gasteiger partial charge in [-0.3, -0.25) is 4.72 Å². The minimum Gasteiger partial charge on any atom is -0.381 e. The third-order valence-corrected chi connectivity index (χ3v) is 7.69. The number of nitrogens with zero attached hydrogens (tertiary/aromatic N) is 1. The number of hydrogen-bond donors (Lipinski definition) is 2. The van der Waals surface area contributed by atoms with Gasteiger partial charge in [-0.2, -0.15) is 0 Å². The van der Waals surface area contributed by atoms with E-state index in [1.165, 1.54) is 11.3 Å². The molecule has 1 saturated heterocycles. The van der Waals surface area contributed by atoms with Crippen molar-refractivity contribution in [3.8, 4) is 0 Å². The number of anilines is 3. The Hall–Kier alpha value is -2.25. The van der Waals surface area contributed by atoms with Crippen LogP contribution in [-0.2, 0) is 21.3 Å². The molecule has 3 rings (SSSR count). The molecule has 3 unspecified atom stereocenters. The molecular weight excluding hydrogens is 410 g/mol. The quantitative estimate of drug-likeness (QED) is 0.643. The van der Waals surface area contributed by atoms with E-state index in [1.807, 2.05) is 12.1 Å². The molecule has 6 nitrogen and oxygen atoms in total. The molecule has 2 aromatic rings. The zero-order valence-electron chi connectivity index (χ0n) is 19.3. The van der Waals surface area contributed by atoms with Gasteiger partial charge in [-0.15, -0.1) is 0 Å². The Labute approximate surface area is 187 Å².